The molecule has 8 heteroatoms. The highest BCUT2D eigenvalue weighted by Gasteiger charge is 2.52. The van der Waals surface area contributed by atoms with Crippen molar-refractivity contribution in [1.82, 2.24) is 14.7 Å². The Kier molecular flexibility index (Phi) is 7.61. The fourth-order valence-electron chi connectivity index (χ4n) is 5.38. The molecule has 2 aromatic carbocycles. The quantitative estimate of drug-likeness (QED) is 0.492. The van der Waals surface area contributed by atoms with E-state index >= 15 is 0 Å². The molecule has 1 unspecified atom stereocenters. The molecule has 194 valence electrons. The molecule has 0 bridgehead atoms. The number of ether oxygens (including phenoxy) is 1. The van der Waals surface area contributed by atoms with Crippen LogP contribution in [0.25, 0.3) is 0 Å². The van der Waals surface area contributed by atoms with Crippen LogP contribution in [-0.2, 0) is 21.5 Å². The van der Waals surface area contributed by atoms with Gasteiger partial charge in [-0.15, -0.1) is 0 Å². The van der Waals surface area contributed by atoms with Crippen molar-refractivity contribution in [2.24, 2.45) is 0 Å². The zero-order valence-corrected chi connectivity index (χ0v) is 23.2. The first-order chi connectivity index (χ1) is 16.9. The van der Waals surface area contributed by atoms with E-state index < -0.39 is 11.1 Å². The molecule has 0 N–H and O–H groups in total. The maximum Gasteiger partial charge on any atom is 0.410 e. The van der Waals surface area contributed by atoms with Gasteiger partial charge < -0.3 is 14.5 Å². The molecular weight excluding hydrogens is 497 g/mol. The lowest BCUT2D eigenvalue weighted by Gasteiger charge is -2.47. The fourth-order valence-corrected chi connectivity index (χ4v) is 5.93. The minimum absolute atomic E-state index is 0.0433. The number of likely N-dealkylation sites (N-methyl/N-ethyl adjacent to an activating group) is 1. The second-order valence-electron chi connectivity index (χ2n) is 10.8. The predicted molar refractivity (Wildman–Crippen MR) is 143 cm³/mol. The largest absolute Gasteiger partial charge is 0.444 e. The molecule has 0 spiro atoms. The van der Waals surface area contributed by atoms with Crippen LogP contribution in [0.1, 0.15) is 56.8 Å². The molecule has 2 aliphatic rings. The van der Waals surface area contributed by atoms with E-state index in [1.54, 1.807) is 11.0 Å². The van der Waals surface area contributed by atoms with E-state index in [4.69, 9.17) is 27.9 Å². The van der Waals surface area contributed by atoms with E-state index in [9.17, 15) is 9.59 Å². The van der Waals surface area contributed by atoms with E-state index in [-0.39, 0.29) is 18.0 Å². The number of halogens is 2. The highest BCUT2D eigenvalue weighted by molar-refractivity contribution is 6.34. The topological polar surface area (TPSA) is 53.1 Å². The molecular formula is C28H35Cl2N3O3. The third-order valence-corrected chi connectivity index (χ3v) is 7.75. The third-order valence-electron chi connectivity index (χ3n) is 7.31. The van der Waals surface area contributed by atoms with E-state index in [1.165, 1.54) is 5.56 Å². The first kappa shape index (κ1) is 26.8. The molecule has 1 aliphatic heterocycles. The van der Waals surface area contributed by atoms with Crippen LogP contribution in [0.3, 0.4) is 0 Å². The van der Waals surface area contributed by atoms with Gasteiger partial charge in [0.25, 0.3) is 0 Å². The molecule has 1 heterocycles. The number of hydrogen-bond donors (Lipinski definition) is 0. The van der Waals surface area contributed by atoms with Gasteiger partial charge >= 0.3 is 6.09 Å². The van der Waals surface area contributed by atoms with Crippen LogP contribution in [-0.4, -0.2) is 65.5 Å². The van der Waals surface area contributed by atoms with Gasteiger partial charge in [-0.2, -0.15) is 0 Å². The fraction of sp³-hybridized carbons (Fsp3) is 0.500. The summed E-state index contributed by atoms with van der Waals surface area (Å²) in [5.41, 5.74) is 1.82. The Bertz CT molecular complexity index is 1120. The summed E-state index contributed by atoms with van der Waals surface area (Å²) in [7, 11) is 1.85. The number of nitrogens with zero attached hydrogens (tertiary/aromatic N) is 3. The second-order valence-corrected chi connectivity index (χ2v) is 11.6. The van der Waals surface area contributed by atoms with Crippen molar-refractivity contribution in [2.45, 2.75) is 57.7 Å². The highest BCUT2D eigenvalue weighted by Crippen LogP contribution is 2.44. The Balaban J connectivity index is 1.62. The Labute approximate surface area is 224 Å². The smallest absolute Gasteiger partial charge is 0.410 e. The number of carbonyl (C=O) groups is 2. The normalized spacial score (nSPS) is 21.1. The second kappa shape index (κ2) is 10.2. The lowest BCUT2D eigenvalue weighted by Crippen LogP contribution is -2.61. The summed E-state index contributed by atoms with van der Waals surface area (Å²) in [4.78, 5) is 32.9. The Morgan fingerprint density at radius 3 is 2.25 bits per heavy atom. The molecule has 4 rings (SSSR count). The standard InChI is InChI=1S/C28H35Cl2N3O3/c1-19(21-16-22(29)18-23(30)17-21)31(5)25(34)28(11-10-20-8-6-7-9-24(20)28)33-14-12-32(13-15-33)26(35)36-27(2,3)4/h6-9,16-19H,10-15H2,1-5H3/t19?,28-/m1/s1. The van der Waals surface area contributed by atoms with Crippen molar-refractivity contribution in [1.29, 1.82) is 0 Å². The van der Waals surface area contributed by atoms with Crippen molar-refractivity contribution in [2.75, 3.05) is 33.2 Å². The zero-order valence-electron chi connectivity index (χ0n) is 21.7. The summed E-state index contributed by atoms with van der Waals surface area (Å²) in [6, 6.07) is 13.4. The summed E-state index contributed by atoms with van der Waals surface area (Å²) in [5, 5.41) is 1.09. The summed E-state index contributed by atoms with van der Waals surface area (Å²) in [6.07, 6.45) is 1.22. The van der Waals surface area contributed by atoms with Crippen molar-refractivity contribution < 1.29 is 14.3 Å². The van der Waals surface area contributed by atoms with Gasteiger partial charge in [-0.3, -0.25) is 9.69 Å². The molecule has 2 aromatic rings. The number of carbonyl (C=O) groups excluding carboxylic acids is 2. The van der Waals surface area contributed by atoms with Crippen LogP contribution in [0.4, 0.5) is 4.79 Å². The summed E-state index contributed by atoms with van der Waals surface area (Å²) in [6.45, 7) is 9.80. The number of aryl methyl sites for hydroxylation is 1. The lowest BCUT2D eigenvalue weighted by molar-refractivity contribution is -0.148. The maximum absolute atomic E-state index is 14.4. The zero-order chi connectivity index (χ0) is 26.3. The SMILES string of the molecule is CC(c1cc(Cl)cc(Cl)c1)N(C)C(=O)[C@@]1(N2CCN(C(=O)OC(C)(C)C)CC2)CCc2ccccc21. The molecule has 6 nitrogen and oxygen atoms in total. The van der Waals surface area contributed by atoms with Gasteiger partial charge in [0.2, 0.25) is 5.91 Å². The van der Waals surface area contributed by atoms with E-state index in [0.29, 0.717) is 42.6 Å². The van der Waals surface area contributed by atoms with Crippen LogP contribution in [0.15, 0.2) is 42.5 Å². The average molecular weight is 533 g/mol. The summed E-state index contributed by atoms with van der Waals surface area (Å²) in [5.74, 6) is 0.0433. The van der Waals surface area contributed by atoms with Crippen molar-refractivity contribution in [3.8, 4) is 0 Å². The Morgan fingerprint density at radius 1 is 1.03 bits per heavy atom. The van der Waals surface area contributed by atoms with Crippen LogP contribution in [0.2, 0.25) is 10.0 Å². The number of hydrogen-bond acceptors (Lipinski definition) is 4. The van der Waals surface area contributed by atoms with Gasteiger partial charge in [0.15, 0.2) is 0 Å². The molecule has 2 atom stereocenters. The number of fused-ring (bicyclic) bond motifs is 1. The molecule has 36 heavy (non-hydrogen) atoms. The van der Waals surface area contributed by atoms with Gasteiger partial charge in [-0.25, -0.2) is 4.79 Å². The van der Waals surface area contributed by atoms with Crippen LogP contribution in [0, 0.1) is 0 Å². The first-order valence-electron chi connectivity index (χ1n) is 12.5. The molecule has 0 saturated carbocycles. The summed E-state index contributed by atoms with van der Waals surface area (Å²) < 4.78 is 5.58. The molecule has 1 saturated heterocycles. The minimum atomic E-state index is -0.790. The number of amides is 2. The van der Waals surface area contributed by atoms with Gasteiger partial charge in [-0.05, 0) is 75.4 Å². The minimum Gasteiger partial charge on any atom is -0.444 e. The lowest BCUT2D eigenvalue weighted by atomic mass is 9.86. The van der Waals surface area contributed by atoms with E-state index in [2.05, 4.69) is 17.0 Å². The molecule has 0 radical (unpaired) electrons. The van der Waals surface area contributed by atoms with Crippen LogP contribution >= 0.6 is 23.2 Å². The van der Waals surface area contributed by atoms with E-state index in [0.717, 1.165) is 17.5 Å². The average Bonchev–Trinajstić information content (AvgIpc) is 3.21. The van der Waals surface area contributed by atoms with Crippen molar-refractivity contribution in [3.05, 3.63) is 69.2 Å². The third kappa shape index (κ3) is 5.22. The van der Waals surface area contributed by atoms with Gasteiger partial charge in [0.05, 0.1) is 6.04 Å². The number of benzene rings is 2. The predicted octanol–water partition coefficient (Wildman–Crippen LogP) is 5.91. The van der Waals surface area contributed by atoms with Gasteiger partial charge in [-0.1, -0.05) is 47.5 Å². The number of rotatable bonds is 4. The highest BCUT2D eigenvalue weighted by atomic mass is 35.5. The first-order valence-corrected chi connectivity index (χ1v) is 13.2. The molecule has 1 fully saturated rings. The Hall–Kier alpha value is -2.28. The maximum atomic E-state index is 14.4. The Morgan fingerprint density at radius 2 is 1.64 bits per heavy atom. The monoisotopic (exact) mass is 531 g/mol. The number of piperazine rings is 1. The van der Waals surface area contributed by atoms with Crippen molar-refractivity contribution in [3.63, 3.8) is 0 Å². The van der Waals surface area contributed by atoms with Gasteiger partial charge in [0, 0.05) is 43.3 Å². The molecule has 2 amide bonds. The van der Waals surface area contributed by atoms with Crippen LogP contribution in [0.5, 0.6) is 0 Å². The van der Waals surface area contributed by atoms with Gasteiger partial charge in [0.1, 0.15) is 11.1 Å². The molecule has 0 aromatic heterocycles. The van der Waals surface area contributed by atoms with Crippen molar-refractivity contribution >= 4 is 35.2 Å². The van der Waals surface area contributed by atoms with E-state index in [1.807, 2.05) is 63.9 Å². The summed E-state index contributed by atoms with van der Waals surface area (Å²) >= 11 is 12.5. The molecule has 1 aliphatic carbocycles. The van der Waals surface area contributed by atoms with Crippen LogP contribution < -0.4 is 0 Å².